The number of amides is 1. The summed E-state index contributed by atoms with van der Waals surface area (Å²) in [6.07, 6.45) is 0. The summed E-state index contributed by atoms with van der Waals surface area (Å²) in [7, 11) is 1.84. The first-order valence-electron chi connectivity index (χ1n) is 7.46. The van der Waals surface area contributed by atoms with Gasteiger partial charge in [-0.3, -0.25) is 4.79 Å². The molecular formula is C17H19FN2O5S. The summed E-state index contributed by atoms with van der Waals surface area (Å²) in [4.78, 5) is 12.4. The molecule has 0 fully saturated rings. The SMILES string of the molecule is COc1ccc(C(=O)Nc2cc(S(=O)(=O)N(C)C)ccc2OC)c(F)c1. The maximum atomic E-state index is 14.1. The molecule has 2 aromatic carbocycles. The third kappa shape index (κ3) is 3.94. The number of benzene rings is 2. The normalized spacial score (nSPS) is 11.3. The minimum atomic E-state index is -3.71. The third-order valence-electron chi connectivity index (χ3n) is 3.62. The van der Waals surface area contributed by atoms with E-state index in [9.17, 15) is 17.6 Å². The number of sulfonamides is 1. The Hall–Kier alpha value is -2.65. The zero-order chi connectivity index (χ0) is 19.5. The second-order valence-electron chi connectivity index (χ2n) is 5.45. The second-order valence-corrected chi connectivity index (χ2v) is 7.60. The van der Waals surface area contributed by atoms with Gasteiger partial charge < -0.3 is 14.8 Å². The predicted molar refractivity (Wildman–Crippen MR) is 94.8 cm³/mol. The topological polar surface area (TPSA) is 84.9 Å². The van der Waals surface area contributed by atoms with Gasteiger partial charge in [0.1, 0.15) is 17.3 Å². The van der Waals surface area contributed by atoms with E-state index >= 15 is 0 Å². The molecule has 2 rings (SSSR count). The lowest BCUT2D eigenvalue weighted by atomic mass is 10.2. The summed E-state index contributed by atoms with van der Waals surface area (Å²) in [5.41, 5.74) is -0.107. The smallest absolute Gasteiger partial charge is 0.258 e. The Balaban J connectivity index is 2.40. The first kappa shape index (κ1) is 19.7. The van der Waals surface area contributed by atoms with E-state index in [1.54, 1.807) is 0 Å². The molecule has 26 heavy (non-hydrogen) atoms. The molecule has 1 N–H and O–H groups in total. The van der Waals surface area contributed by atoms with Gasteiger partial charge in [-0.05, 0) is 30.3 Å². The van der Waals surface area contributed by atoms with Crippen molar-refractivity contribution in [3.8, 4) is 11.5 Å². The minimum absolute atomic E-state index is 0.0335. The number of anilines is 1. The van der Waals surface area contributed by atoms with Crippen LogP contribution in [0.25, 0.3) is 0 Å². The Labute approximate surface area is 151 Å². The zero-order valence-electron chi connectivity index (χ0n) is 14.7. The van der Waals surface area contributed by atoms with Crippen LogP contribution in [0.4, 0.5) is 10.1 Å². The molecule has 140 valence electrons. The van der Waals surface area contributed by atoms with E-state index in [-0.39, 0.29) is 27.6 Å². The molecule has 0 saturated heterocycles. The maximum Gasteiger partial charge on any atom is 0.258 e. The van der Waals surface area contributed by atoms with Gasteiger partial charge in [0.2, 0.25) is 10.0 Å². The Morgan fingerprint density at radius 3 is 2.31 bits per heavy atom. The van der Waals surface area contributed by atoms with Crippen molar-refractivity contribution in [1.82, 2.24) is 4.31 Å². The standard InChI is InChI=1S/C17H19FN2O5S/c1-20(2)26(22,23)12-6-8-16(25-4)15(10-12)19-17(21)13-7-5-11(24-3)9-14(13)18/h5-10H,1-4H3,(H,19,21). The molecule has 0 saturated carbocycles. The molecule has 0 aromatic heterocycles. The highest BCUT2D eigenvalue weighted by Crippen LogP contribution is 2.29. The number of carbonyl (C=O) groups is 1. The first-order valence-corrected chi connectivity index (χ1v) is 8.90. The summed E-state index contributed by atoms with van der Waals surface area (Å²) >= 11 is 0. The van der Waals surface area contributed by atoms with Crippen LogP contribution in [0, 0.1) is 5.82 Å². The van der Waals surface area contributed by atoms with Gasteiger partial charge in [-0.2, -0.15) is 0 Å². The number of nitrogens with one attached hydrogen (secondary N) is 1. The quantitative estimate of drug-likeness (QED) is 0.829. The fourth-order valence-corrected chi connectivity index (χ4v) is 3.08. The first-order chi connectivity index (χ1) is 12.2. The van der Waals surface area contributed by atoms with Crippen molar-refractivity contribution < 1.29 is 27.1 Å². The van der Waals surface area contributed by atoms with E-state index in [0.29, 0.717) is 0 Å². The van der Waals surface area contributed by atoms with Crippen LogP contribution in [0.1, 0.15) is 10.4 Å². The predicted octanol–water partition coefficient (Wildman–Crippen LogP) is 2.35. The third-order valence-corrected chi connectivity index (χ3v) is 5.43. The molecule has 0 bridgehead atoms. The number of hydrogen-bond donors (Lipinski definition) is 1. The minimum Gasteiger partial charge on any atom is -0.497 e. The molecule has 0 atom stereocenters. The molecular weight excluding hydrogens is 363 g/mol. The molecule has 7 nitrogen and oxygen atoms in total. The van der Waals surface area contributed by atoms with E-state index in [0.717, 1.165) is 10.4 Å². The van der Waals surface area contributed by atoms with Crippen LogP contribution in [0.5, 0.6) is 11.5 Å². The van der Waals surface area contributed by atoms with Crippen LogP contribution >= 0.6 is 0 Å². The molecule has 0 radical (unpaired) electrons. The van der Waals surface area contributed by atoms with Crippen LogP contribution < -0.4 is 14.8 Å². The van der Waals surface area contributed by atoms with Crippen molar-refractivity contribution in [3.63, 3.8) is 0 Å². The van der Waals surface area contributed by atoms with Gasteiger partial charge in [0.15, 0.2) is 0 Å². The zero-order valence-corrected chi connectivity index (χ0v) is 15.6. The van der Waals surface area contributed by atoms with Gasteiger partial charge in [0.05, 0.1) is 30.4 Å². The van der Waals surface area contributed by atoms with Crippen molar-refractivity contribution in [2.75, 3.05) is 33.6 Å². The molecule has 2 aromatic rings. The largest absolute Gasteiger partial charge is 0.497 e. The number of nitrogens with zero attached hydrogens (tertiary/aromatic N) is 1. The summed E-state index contributed by atoms with van der Waals surface area (Å²) < 4.78 is 49.7. The lowest BCUT2D eigenvalue weighted by molar-refractivity contribution is 0.102. The Kier molecular flexibility index (Phi) is 5.83. The molecule has 0 heterocycles. The summed E-state index contributed by atoms with van der Waals surface area (Å²) in [5, 5.41) is 2.48. The number of carbonyl (C=O) groups excluding carboxylic acids is 1. The molecule has 0 spiro atoms. The van der Waals surface area contributed by atoms with Crippen molar-refractivity contribution >= 4 is 21.6 Å². The van der Waals surface area contributed by atoms with Gasteiger partial charge in [-0.1, -0.05) is 0 Å². The lowest BCUT2D eigenvalue weighted by Crippen LogP contribution is -2.22. The fourth-order valence-electron chi connectivity index (χ4n) is 2.15. The van der Waals surface area contributed by atoms with Crippen LogP contribution in [0.2, 0.25) is 0 Å². The van der Waals surface area contributed by atoms with E-state index in [1.807, 2.05) is 0 Å². The van der Waals surface area contributed by atoms with Gasteiger partial charge in [-0.25, -0.2) is 17.1 Å². The van der Waals surface area contributed by atoms with E-state index < -0.39 is 21.7 Å². The highest BCUT2D eigenvalue weighted by Gasteiger charge is 2.21. The van der Waals surface area contributed by atoms with Crippen molar-refractivity contribution in [1.29, 1.82) is 0 Å². The van der Waals surface area contributed by atoms with Crippen molar-refractivity contribution in [3.05, 3.63) is 47.8 Å². The maximum absolute atomic E-state index is 14.1. The Morgan fingerprint density at radius 2 is 1.77 bits per heavy atom. The van der Waals surface area contributed by atoms with Gasteiger partial charge in [0, 0.05) is 20.2 Å². The monoisotopic (exact) mass is 382 g/mol. The number of ether oxygens (including phenoxy) is 2. The summed E-state index contributed by atoms with van der Waals surface area (Å²) in [6.45, 7) is 0. The number of methoxy groups -OCH3 is 2. The highest BCUT2D eigenvalue weighted by molar-refractivity contribution is 7.89. The fraction of sp³-hybridized carbons (Fsp3) is 0.235. The van der Waals surface area contributed by atoms with Crippen LogP contribution in [0.3, 0.4) is 0 Å². The molecule has 0 aliphatic heterocycles. The van der Waals surface area contributed by atoms with Gasteiger partial charge in [-0.15, -0.1) is 0 Å². The molecule has 0 aliphatic carbocycles. The number of rotatable bonds is 6. The van der Waals surface area contributed by atoms with Crippen LogP contribution in [-0.2, 0) is 10.0 Å². The summed E-state index contributed by atoms with van der Waals surface area (Å²) in [5.74, 6) is -0.999. The van der Waals surface area contributed by atoms with Crippen LogP contribution in [0.15, 0.2) is 41.3 Å². The van der Waals surface area contributed by atoms with Crippen LogP contribution in [-0.4, -0.2) is 46.9 Å². The van der Waals surface area contributed by atoms with Gasteiger partial charge >= 0.3 is 0 Å². The molecule has 9 heteroatoms. The lowest BCUT2D eigenvalue weighted by Gasteiger charge is -2.15. The van der Waals surface area contributed by atoms with Crippen molar-refractivity contribution in [2.24, 2.45) is 0 Å². The van der Waals surface area contributed by atoms with E-state index in [4.69, 9.17) is 9.47 Å². The number of halogens is 1. The van der Waals surface area contributed by atoms with Crippen molar-refractivity contribution in [2.45, 2.75) is 4.90 Å². The molecule has 0 unspecified atom stereocenters. The average molecular weight is 382 g/mol. The molecule has 1 amide bonds. The van der Waals surface area contributed by atoms with E-state index in [2.05, 4.69) is 5.32 Å². The number of hydrogen-bond acceptors (Lipinski definition) is 5. The Bertz CT molecular complexity index is 929. The second kappa shape index (κ2) is 7.71. The van der Waals surface area contributed by atoms with E-state index in [1.165, 1.54) is 58.6 Å². The highest BCUT2D eigenvalue weighted by atomic mass is 32.2. The Morgan fingerprint density at radius 1 is 1.08 bits per heavy atom. The summed E-state index contributed by atoms with van der Waals surface area (Å²) in [6, 6.07) is 7.83. The molecule has 0 aliphatic rings. The van der Waals surface area contributed by atoms with Gasteiger partial charge in [0.25, 0.3) is 5.91 Å². The average Bonchev–Trinajstić information content (AvgIpc) is 2.61.